The van der Waals surface area contributed by atoms with E-state index in [-0.39, 0.29) is 19.3 Å². The maximum atomic E-state index is 12.1. The maximum absolute atomic E-state index is 12.1. The molecule has 1 atom stereocenters. The summed E-state index contributed by atoms with van der Waals surface area (Å²) in [4.78, 5) is 37.4. The Labute approximate surface area is 178 Å². The van der Waals surface area contributed by atoms with E-state index in [1.807, 2.05) is 19.1 Å². The van der Waals surface area contributed by atoms with Crippen molar-refractivity contribution in [2.24, 2.45) is 0 Å². The predicted molar refractivity (Wildman–Crippen MR) is 111 cm³/mol. The number of esters is 1. The standard InChI is InChI=1S/C21H24N2O6S/c1-3-6-14-9-18(30-13(14)2)20(25)28-12-19(24)23-21(26)22-10-15-11-27-16-7-4-5-8-17(16)29-15/h4-5,7-9,15H,3,6,10-12H2,1-2H3,(H2,22,23,24,26). The molecule has 0 fully saturated rings. The second-order valence-corrected chi connectivity index (χ2v) is 8.03. The van der Waals surface area contributed by atoms with Crippen LogP contribution in [0.1, 0.15) is 33.5 Å². The number of carbonyl (C=O) groups excluding carboxylic acids is 3. The summed E-state index contributed by atoms with van der Waals surface area (Å²) in [7, 11) is 0. The van der Waals surface area contributed by atoms with Crippen molar-refractivity contribution in [3.63, 3.8) is 0 Å². The molecule has 1 aliphatic heterocycles. The lowest BCUT2D eigenvalue weighted by molar-refractivity contribution is -0.123. The summed E-state index contributed by atoms with van der Waals surface area (Å²) >= 11 is 1.34. The molecule has 0 bridgehead atoms. The Morgan fingerprint density at radius 3 is 2.77 bits per heavy atom. The molecule has 0 aliphatic carbocycles. The van der Waals surface area contributed by atoms with Crippen LogP contribution in [0.3, 0.4) is 0 Å². The topological polar surface area (TPSA) is 103 Å². The number of hydrogen-bond donors (Lipinski definition) is 2. The molecule has 2 N–H and O–H groups in total. The molecule has 0 saturated heterocycles. The number of rotatable bonds is 7. The number of thiophene rings is 1. The minimum absolute atomic E-state index is 0.155. The van der Waals surface area contributed by atoms with E-state index in [0.717, 1.165) is 23.3 Å². The SMILES string of the molecule is CCCc1cc(C(=O)OCC(=O)NC(=O)NCC2COc3ccccc3O2)sc1C. The van der Waals surface area contributed by atoms with E-state index < -0.39 is 24.5 Å². The average molecular weight is 432 g/mol. The molecule has 1 aromatic heterocycles. The van der Waals surface area contributed by atoms with Crippen LogP contribution in [-0.2, 0) is 16.0 Å². The molecule has 9 heteroatoms. The molecule has 0 saturated carbocycles. The van der Waals surface area contributed by atoms with E-state index in [1.165, 1.54) is 11.3 Å². The van der Waals surface area contributed by atoms with Gasteiger partial charge in [0.1, 0.15) is 11.5 Å². The van der Waals surface area contributed by atoms with Gasteiger partial charge in [0.2, 0.25) is 0 Å². The van der Waals surface area contributed by atoms with Crippen LogP contribution in [0, 0.1) is 6.92 Å². The number of amides is 3. The summed E-state index contributed by atoms with van der Waals surface area (Å²) in [6, 6.07) is 8.34. The van der Waals surface area contributed by atoms with Gasteiger partial charge >= 0.3 is 12.0 Å². The van der Waals surface area contributed by atoms with Gasteiger partial charge in [-0.3, -0.25) is 10.1 Å². The number of urea groups is 1. The smallest absolute Gasteiger partial charge is 0.348 e. The molecule has 2 aromatic rings. The van der Waals surface area contributed by atoms with Gasteiger partial charge in [-0.2, -0.15) is 0 Å². The highest BCUT2D eigenvalue weighted by Gasteiger charge is 2.21. The van der Waals surface area contributed by atoms with Crippen molar-refractivity contribution in [3.8, 4) is 11.5 Å². The minimum atomic E-state index is -0.714. The number of para-hydroxylation sites is 2. The highest BCUT2D eigenvalue weighted by molar-refractivity contribution is 7.14. The lowest BCUT2D eigenvalue weighted by Crippen LogP contribution is -2.46. The van der Waals surface area contributed by atoms with E-state index in [1.54, 1.807) is 18.2 Å². The number of ether oxygens (including phenoxy) is 3. The fraction of sp³-hybridized carbons (Fsp3) is 0.381. The van der Waals surface area contributed by atoms with E-state index in [2.05, 4.69) is 17.6 Å². The molecule has 1 unspecified atom stereocenters. The van der Waals surface area contributed by atoms with Crippen molar-refractivity contribution in [2.45, 2.75) is 32.8 Å². The Morgan fingerprint density at radius 2 is 2.00 bits per heavy atom. The summed E-state index contributed by atoms with van der Waals surface area (Å²) < 4.78 is 16.3. The van der Waals surface area contributed by atoms with Gasteiger partial charge in [0, 0.05) is 4.88 Å². The zero-order valence-electron chi connectivity index (χ0n) is 16.9. The van der Waals surface area contributed by atoms with Crippen LogP contribution in [-0.4, -0.2) is 43.8 Å². The van der Waals surface area contributed by atoms with Crippen molar-refractivity contribution in [2.75, 3.05) is 19.8 Å². The van der Waals surface area contributed by atoms with Crippen LogP contribution < -0.4 is 20.1 Å². The van der Waals surface area contributed by atoms with Crippen molar-refractivity contribution in [1.29, 1.82) is 0 Å². The highest BCUT2D eigenvalue weighted by atomic mass is 32.1. The summed E-state index contributed by atoms with van der Waals surface area (Å²) in [5.74, 6) is -0.0377. The Bertz CT molecular complexity index is 926. The summed E-state index contributed by atoms with van der Waals surface area (Å²) in [6.45, 7) is 3.91. The van der Waals surface area contributed by atoms with Gasteiger partial charge in [-0.25, -0.2) is 9.59 Å². The first-order valence-corrected chi connectivity index (χ1v) is 10.5. The lowest BCUT2D eigenvalue weighted by atomic mass is 10.1. The average Bonchev–Trinajstić information content (AvgIpc) is 3.11. The number of carbonyl (C=O) groups is 3. The number of aryl methyl sites for hydroxylation is 2. The largest absolute Gasteiger partial charge is 0.486 e. The van der Waals surface area contributed by atoms with Gasteiger partial charge in [-0.05, 0) is 37.1 Å². The second kappa shape index (κ2) is 10.1. The van der Waals surface area contributed by atoms with E-state index in [9.17, 15) is 14.4 Å². The maximum Gasteiger partial charge on any atom is 0.348 e. The van der Waals surface area contributed by atoms with Crippen molar-refractivity contribution >= 4 is 29.2 Å². The summed E-state index contributed by atoms with van der Waals surface area (Å²) in [5, 5.41) is 4.67. The molecule has 30 heavy (non-hydrogen) atoms. The predicted octanol–water partition coefficient (Wildman–Crippen LogP) is 2.83. The first-order valence-electron chi connectivity index (χ1n) is 9.69. The summed E-state index contributed by atoms with van der Waals surface area (Å²) in [5.41, 5.74) is 1.11. The molecule has 3 rings (SSSR count). The normalized spacial score (nSPS) is 14.7. The molecule has 3 amide bonds. The minimum Gasteiger partial charge on any atom is -0.486 e. The fourth-order valence-corrected chi connectivity index (χ4v) is 3.88. The van der Waals surface area contributed by atoms with Crippen LogP contribution in [0.15, 0.2) is 30.3 Å². The first-order chi connectivity index (χ1) is 14.5. The molecule has 1 aliphatic rings. The molecule has 1 aromatic carbocycles. The van der Waals surface area contributed by atoms with Crippen LogP contribution in [0.25, 0.3) is 0 Å². The Kier molecular flexibility index (Phi) is 7.29. The number of imide groups is 1. The van der Waals surface area contributed by atoms with E-state index in [0.29, 0.717) is 16.4 Å². The zero-order chi connectivity index (χ0) is 21.5. The molecule has 0 radical (unpaired) electrons. The van der Waals surface area contributed by atoms with E-state index in [4.69, 9.17) is 14.2 Å². The molecule has 8 nitrogen and oxygen atoms in total. The molecular weight excluding hydrogens is 408 g/mol. The van der Waals surface area contributed by atoms with Gasteiger partial charge in [-0.15, -0.1) is 11.3 Å². The van der Waals surface area contributed by atoms with Gasteiger partial charge in [0.25, 0.3) is 5.91 Å². The Morgan fingerprint density at radius 1 is 1.23 bits per heavy atom. The highest BCUT2D eigenvalue weighted by Crippen LogP contribution is 2.30. The third-order valence-corrected chi connectivity index (χ3v) is 5.46. The fourth-order valence-electron chi connectivity index (χ4n) is 2.92. The molecule has 160 valence electrons. The third kappa shape index (κ3) is 5.73. The van der Waals surface area contributed by atoms with E-state index >= 15 is 0 Å². The van der Waals surface area contributed by atoms with Crippen LogP contribution in [0.2, 0.25) is 0 Å². The van der Waals surface area contributed by atoms with Crippen LogP contribution >= 0.6 is 11.3 Å². The Hall–Kier alpha value is -3.07. The third-order valence-electron chi connectivity index (χ3n) is 4.39. The molecule has 0 spiro atoms. The quantitative estimate of drug-likeness (QED) is 0.652. The van der Waals surface area contributed by atoms with Crippen molar-refractivity contribution in [1.82, 2.24) is 10.6 Å². The summed E-state index contributed by atoms with van der Waals surface area (Å²) in [6.07, 6.45) is 1.49. The number of nitrogens with one attached hydrogen (secondary N) is 2. The zero-order valence-corrected chi connectivity index (χ0v) is 17.7. The lowest BCUT2D eigenvalue weighted by Gasteiger charge is -2.26. The number of benzene rings is 1. The number of fused-ring (bicyclic) bond motifs is 1. The van der Waals surface area contributed by atoms with Crippen molar-refractivity contribution in [3.05, 3.63) is 45.6 Å². The second-order valence-electron chi connectivity index (χ2n) is 6.77. The molecule has 2 heterocycles. The number of hydrogen-bond acceptors (Lipinski definition) is 7. The Balaban J connectivity index is 1.38. The monoisotopic (exact) mass is 432 g/mol. The van der Waals surface area contributed by atoms with Gasteiger partial charge in [0.15, 0.2) is 24.2 Å². The molecular formula is C21H24N2O6S. The van der Waals surface area contributed by atoms with Crippen LogP contribution in [0.5, 0.6) is 11.5 Å². The van der Waals surface area contributed by atoms with Gasteiger partial charge in [0.05, 0.1) is 6.54 Å². The van der Waals surface area contributed by atoms with Crippen molar-refractivity contribution < 1.29 is 28.6 Å². The van der Waals surface area contributed by atoms with Gasteiger partial charge in [-0.1, -0.05) is 25.5 Å². The van der Waals surface area contributed by atoms with Gasteiger partial charge < -0.3 is 19.5 Å². The van der Waals surface area contributed by atoms with Crippen LogP contribution in [0.4, 0.5) is 4.79 Å². The first kappa shape index (κ1) is 21.6.